The molecule has 94 valence electrons. The molecule has 6 nitrogen and oxygen atoms in total. The normalized spacial score (nSPS) is 9.63. The molecule has 0 saturated carbocycles. The van der Waals surface area contributed by atoms with E-state index in [0.717, 1.165) is 5.56 Å². The van der Waals surface area contributed by atoms with E-state index in [2.05, 4.69) is 16.3 Å². The first-order valence-electron chi connectivity index (χ1n) is 5.40. The van der Waals surface area contributed by atoms with Gasteiger partial charge < -0.3 is 9.84 Å². The van der Waals surface area contributed by atoms with Gasteiger partial charge in [0.25, 0.3) is 0 Å². The molecule has 0 bridgehead atoms. The average Bonchev–Trinajstić information content (AvgIpc) is 2.42. The van der Waals surface area contributed by atoms with E-state index in [0.29, 0.717) is 12.2 Å². The second-order valence-corrected chi connectivity index (χ2v) is 3.64. The highest BCUT2D eigenvalue weighted by molar-refractivity contribution is 5.84. The van der Waals surface area contributed by atoms with Gasteiger partial charge in [-0.05, 0) is 23.8 Å². The Morgan fingerprint density at radius 2 is 1.95 bits per heavy atom. The fraction of sp³-hybridized carbons (Fsp3) is 0.0769. The third kappa shape index (κ3) is 3.26. The van der Waals surface area contributed by atoms with Crippen molar-refractivity contribution >= 4 is 5.97 Å². The Bertz CT molecular complexity index is 615. The molecule has 6 heteroatoms. The van der Waals surface area contributed by atoms with Crippen LogP contribution in [-0.4, -0.2) is 21.3 Å². The van der Waals surface area contributed by atoms with Gasteiger partial charge in [0.05, 0.1) is 12.5 Å². The van der Waals surface area contributed by atoms with Gasteiger partial charge in [0.2, 0.25) is 5.88 Å². The lowest BCUT2D eigenvalue weighted by molar-refractivity contribution is 0.0689. The highest BCUT2D eigenvalue weighted by Crippen LogP contribution is 2.19. The van der Waals surface area contributed by atoms with E-state index < -0.39 is 5.97 Å². The molecule has 0 aliphatic carbocycles. The van der Waals surface area contributed by atoms with Crippen LogP contribution in [0, 0.1) is 11.3 Å². The van der Waals surface area contributed by atoms with Gasteiger partial charge in [0, 0.05) is 6.07 Å². The molecule has 0 aliphatic rings. The second kappa shape index (κ2) is 5.60. The third-order valence-corrected chi connectivity index (χ3v) is 2.29. The van der Waals surface area contributed by atoms with Gasteiger partial charge in [-0.2, -0.15) is 5.26 Å². The summed E-state index contributed by atoms with van der Waals surface area (Å²) >= 11 is 0. The number of rotatable bonds is 4. The zero-order chi connectivity index (χ0) is 13.7. The van der Waals surface area contributed by atoms with Crippen LogP contribution in [0.2, 0.25) is 0 Å². The Hall–Kier alpha value is -2.94. The molecule has 0 spiro atoms. The van der Waals surface area contributed by atoms with E-state index in [1.165, 1.54) is 12.1 Å². The van der Waals surface area contributed by atoms with Gasteiger partial charge in [-0.3, -0.25) is 0 Å². The molecule has 1 heterocycles. The van der Waals surface area contributed by atoms with Crippen LogP contribution >= 0.6 is 0 Å². The number of hydrogen-bond acceptors (Lipinski definition) is 5. The number of aromatic carboxylic acids is 1. The van der Waals surface area contributed by atoms with Crippen LogP contribution in [0.4, 0.5) is 0 Å². The van der Waals surface area contributed by atoms with Crippen LogP contribution in [0.15, 0.2) is 36.4 Å². The number of nitriles is 1. The lowest BCUT2D eigenvalue weighted by atomic mass is 10.2. The monoisotopic (exact) mass is 255 g/mol. The molecule has 0 amide bonds. The molecule has 0 saturated heterocycles. The second-order valence-electron chi connectivity index (χ2n) is 3.64. The number of ether oxygens (including phenoxy) is 1. The molecular weight excluding hydrogens is 246 g/mol. The summed E-state index contributed by atoms with van der Waals surface area (Å²) in [6.45, 7) is 0. The first-order chi connectivity index (χ1) is 9.19. The van der Waals surface area contributed by atoms with Crippen molar-refractivity contribution in [3.63, 3.8) is 0 Å². The van der Waals surface area contributed by atoms with E-state index in [-0.39, 0.29) is 11.6 Å². The third-order valence-electron chi connectivity index (χ3n) is 2.29. The highest BCUT2D eigenvalue weighted by atomic mass is 16.5. The Kier molecular flexibility index (Phi) is 3.69. The maximum Gasteiger partial charge on any atom is 0.356 e. The molecule has 0 radical (unpaired) electrons. The van der Waals surface area contributed by atoms with E-state index in [9.17, 15) is 4.79 Å². The van der Waals surface area contributed by atoms with Crippen LogP contribution in [-0.2, 0) is 6.42 Å². The van der Waals surface area contributed by atoms with Crippen LogP contribution in [0.5, 0.6) is 11.6 Å². The summed E-state index contributed by atoms with van der Waals surface area (Å²) in [6, 6.07) is 11.8. The minimum Gasteiger partial charge on any atom is -0.476 e. The van der Waals surface area contributed by atoms with Crippen molar-refractivity contribution in [1.29, 1.82) is 5.26 Å². The standard InChI is InChI=1S/C13H9N3O3/c14-8-7-9-1-3-10(4-2-9)19-12-6-5-11(13(17)18)15-16-12/h1-6H,7H2,(H,17,18). The number of nitrogens with zero attached hydrogens (tertiary/aromatic N) is 3. The summed E-state index contributed by atoms with van der Waals surface area (Å²) < 4.78 is 5.40. The van der Waals surface area contributed by atoms with Crippen LogP contribution in [0.25, 0.3) is 0 Å². The van der Waals surface area contributed by atoms with E-state index in [1.807, 2.05) is 0 Å². The molecule has 0 aliphatic heterocycles. The minimum atomic E-state index is -1.14. The summed E-state index contributed by atoms with van der Waals surface area (Å²) in [5.41, 5.74) is 0.749. The average molecular weight is 255 g/mol. The lowest BCUT2D eigenvalue weighted by Crippen LogP contribution is -2.02. The van der Waals surface area contributed by atoms with Crippen molar-refractivity contribution in [3.8, 4) is 17.7 Å². The van der Waals surface area contributed by atoms with Crippen molar-refractivity contribution in [2.75, 3.05) is 0 Å². The number of hydrogen-bond donors (Lipinski definition) is 1. The molecule has 0 atom stereocenters. The summed E-state index contributed by atoms with van der Waals surface area (Å²) in [6.07, 6.45) is 0.341. The maximum absolute atomic E-state index is 10.6. The number of carboxylic acids is 1. The predicted octanol–water partition coefficient (Wildman–Crippen LogP) is 2.03. The summed E-state index contributed by atoms with van der Waals surface area (Å²) in [4.78, 5) is 10.6. The Labute approximate surface area is 108 Å². The smallest absolute Gasteiger partial charge is 0.356 e. The van der Waals surface area contributed by atoms with Crippen molar-refractivity contribution in [1.82, 2.24) is 10.2 Å². The quantitative estimate of drug-likeness (QED) is 0.897. The van der Waals surface area contributed by atoms with E-state index >= 15 is 0 Å². The van der Waals surface area contributed by atoms with Gasteiger partial charge in [0.15, 0.2) is 5.69 Å². The zero-order valence-electron chi connectivity index (χ0n) is 9.78. The molecule has 0 fully saturated rings. The number of carboxylic acid groups (broad SMARTS) is 1. The van der Waals surface area contributed by atoms with Crippen LogP contribution in [0.1, 0.15) is 16.1 Å². The highest BCUT2D eigenvalue weighted by Gasteiger charge is 2.06. The van der Waals surface area contributed by atoms with E-state index in [1.54, 1.807) is 24.3 Å². The SMILES string of the molecule is N#CCc1ccc(Oc2ccc(C(=O)O)nn2)cc1. The first kappa shape index (κ1) is 12.5. The van der Waals surface area contributed by atoms with E-state index in [4.69, 9.17) is 15.1 Å². The van der Waals surface area contributed by atoms with Crippen molar-refractivity contribution in [3.05, 3.63) is 47.7 Å². The fourth-order valence-electron chi connectivity index (χ4n) is 1.38. The zero-order valence-corrected chi connectivity index (χ0v) is 9.78. The molecule has 0 unspecified atom stereocenters. The molecule has 19 heavy (non-hydrogen) atoms. The number of aromatic nitrogens is 2. The molecule has 2 rings (SSSR count). The van der Waals surface area contributed by atoms with Gasteiger partial charge in [-0.15, -0.1) is 10.2 Å². The van der Waals surface area contributed by atoms with Gasteiger partial charge in [-0.25, -0.2) is 4.79 Å². The molecular formula is C13H9N3O3. The van der Waals surface area contributed by atoms with Crippen LogP contribution in [0.3, 0.4) is 0 Å². The Morgan fingerprint density at radius 1 is 1.21 bits per heavy atom. The molecule has 1 aromatic heterocycles. The molecule has 2 aromatic rings. The summed E-state index contributed by atoms with van der Waals surface area (Å²) in [5, 5.41) is 24.4. The van der Waals surface area contributed by atoms with Gasteiger partial charge in [-0.1, -0.05) is 12.1 Å². The predicted molar refractivity (Wildman–Crippen MR) is 64.8 cm³/mol. The van der Waals surface area contributed by atoms with Gasteiger partial charge in [0.1, 0.15) is 5.75 Å². The largest absolute Gasteiger partial charge is 0.476 e. The number of carbonyl (C=O) groups is 1. The minimum absolute atomic E-state index is 0.142. The van der Waals surface area contributed by atoms with Crippen molar-refractivity contribution in [2.24, 2.45) is 0 Å². The summed E-state index contributed by atoms with van der Waals surface area (Å²) in [5.74, 6) is -0.392. The topological polar surface area (TPSA) is 96.1 Å². The molecule has 1 N–H and O–H groups in total. The summed E-state index contributed by atoms with van der Waals surface area (Å²) in [7, 11) is 0. The fourth-order valence-corrected chi connectivity index (χ4v) is 1.38. The first-order valence-corrected chi connectivity index (χ1v) is 5.40. The van der Waals surface area contributed by atoms with Crippen molar-refractivity contribution in [2.45, 2.75) is 6.42 Å². The maximum atomic E-state index is 10.6. The molecule has 1 aromatic carbocycles. The van der Waals surface area contributed by atoms with Gasteiger partial charge >= 0.3 is 5.97 Å². The lowest BCUT2D eigenvalue weighted by Gasteiger charge is -2.04. The number of benzene rings is 1. The Morgan fingerprint density at radius 3 is 2.47 bits per heavy atom. The van der Waals surface area contributed by atoms with Crippen molar-refractivity contribution < 1.29 is 14.6 Å². The van der Waals surface area contributed by atoms with Crippen LogP contribution < -0.4 is 4.74 Å². The Balaban J connectivity index is 2.08.